The molecule has 0 radical (unpaired) electrons. The summed E-state index contributed by atoms with van der Waals surface area (Å²) in [5.41, 5.74) is 4.97. The first-order valence-electron chi connectivity index (χ1n) is 10.7. The van der Waals surface area contributed by atoms with E-state index >= 15 is 0 Å². The lowest BCUT2D eigenvalue weighted by molar-refractivity contribution is 0.418. The molecule has 4 heteroatoms. The normalized spacial score (nSPS) is 12.8. The maximum Gasteiger partial charge on any atom is 0.116 e. The van der Waals surface area contributed by atoms with Gasteiger partial charge in [0.2, 0.25) is 0 Å². The van der Waals surface area contributed by atoms with Crippen molar-refractivity contribution in [3.63, 3.8) is 0 Å². The van der Waals surface area contributed by atoms with Crippen LogP contribution in [0.3, 0.4) is 0 Å². The number of hydrogen-bond donors (Lipinski definition) is 2. The number of nitrogens with zero attached hydrogens (tertiary/aromatic N) is 1. The van der Waals surface area contributed by atoms with Crippen LogP contribution in [0.25, 0.3) is 11.5 Å². The van der Waals surface area contributed by atoms with E-state index in [4.69, 9.17) is 4.99 Å². The molecule has 0 amide bonds. The molecular formula is C25H39N2OP. The molecule has 160 valence electrons. The van der Waals surface area contributed by atoms with Gasteiger partial charge in [-0.1, -0.05) is 57.4 Å². The largest absolute Gasteiger partial charge is 0.508 e. The van der Waals surface area contributed by atoms with E-state index in [-0.39, 0.29) is 5.76 Å². The van der Waals surface area contributed by atoms with Crippen LogP contribution in [0.2, 0.25) is 0 Å². The Balaban J connectivity index is 2.93. The van der Waals surface area contributed by atoms with Gasteiger partial charge in [-0.05, 0) is 57.0 Å². The van der Waals surface area contributed by atoms with Gasteiger partial charge in [0, 0.05) is 17.7 Å². The Kier molecular flexibility index (Phi) is 11.6. The predicted molar refractivity (Wildman–Crippen MR) is 134 cm³/mol. The van der Waals surface area contributed by atoms with Gasteiger partial charge in [-0.3, -0.25) is 4.99 Å². The number of hydrogen-bond acceptors (Lipinski definition) is 3. The van der Waals surface area contributed by atoms with Gasteiger partial charge in [0.1, 0.15) is 5.76 Å². The van der Waals surface area contributed by atoms with E-state index in [9.17, 15) is 5.11 Å². The van der Waals surface area contributed by atoms with E-state index in [1.54, 1.807) is 0 Å². The predicted octanol–water partition coefficient (Wildman–Crippen LogP) is 6.64. The Bertz CT molecular complexity index is 758. The molecule has 29 heavy (non-hydrogen) atoms. The Labute approximate surface area is 180 Å². The zero-order valence-corrected chi connectivity index (χ0v) is 20.0. The van der Waals surface area contributed by atoms with E-state index in [1.807, 2.05) is 37.4 Å². The number of allylic oxidation sites excluding steroid dienone is 3. The highest BCUT2D eigenvalue weighted by Crippen LogP contribution is 2.20. The Morgan fingerprint density at radius 2 is 1.97 bits per heavy atom. The van der Waals surface area contributed by atoms with Crippen molar-refractivity contribution in [1.82, 2.24) is 5.32 Å². The quantitative estimate of drug-likeness (QED) is 0.229. The summed E-state index contributed by atoms with van der Waals surface area (Å²) in [6, 6.07) is 5.85. The summed E-state index contributed by atoms with van der Waals surface area (Å²) >= 11 is 0. The van der Waals surface area contributed by atoms with Crippen molar-refractivity contribution >= 4 is 32.2 Å². The van der Waals surface area contributed by atoms with Gasteiger partial charge < -0.3 is 10.4 Å². The van der Waals surface area contributed by atoms with Crippen molar-refractivity contribution in [1.29, 1.82) is 0 Å². The van der Waals surface area contributed by atoms with Gasteiger partial charge in [0.25, 0.3) is 0 Å². The van der Waals surface area contributed by atoms with Crippen LogP contribution in [0.4, 0.5) is 0 Å². The molecule has 2 unspecified atom stereocenters. The van der Waals surface area contributed by atoms with Crippen LogP contribution < -0.4 is 10.6 Å². The van der Waals surface area contributed by atoms with Gasteiger partial charge in [0.05, 0.1) is 17.6 Å². The second-order valence-electron chi connectivity index (χ2n) is 7.77. The van der Waals surface area contributed by atoms with Crippen molar-refractivity contribution in [3.05, 3.63) is 53.3 Å². The molecule has 0 fully saturated rings. The molecule has 0 aliphatic rings. The summed E-state index contributed by atoms with van der Waals surface area (Å²) in [5.74, 6) is 0.788. The summed E-state index contributed by atoms with van der Waals surface area (Å²) in [7, 11) is 2.66. The fourth-order valence-electron chi connectivity index (χ4n) is 3.29. The minimum absolute atomic E-state index is 0.0767. The lowest BCUT2D eigenvalue weighted by Crippen LogP contribution is -2.24. The zero-order valence-electron chi connectivity index (χ0n) is 18.9. The topological polar surface area (TPSA) is 44.6 Å². The van der Waals surface area contributed by atoms with Crippen LogP contribution >= 0.6 is 9.24 Å². The molecule has 0 bridgehead atoms. The number of aliphatic hydroxyl groups is 1. The van der Waals surface area contributed by atoms with E-state index in [0.29, 0.717) is 5.92 Å². The van der Waals surface area contributed by atoms with Crippen LogP contribution in [-0.2, 0) is 0 Å². The molecule has 0 heterocycles. The number of aliphatic imine (C=N–C) groups is 1. The van der Waals surface area contributed by atoms with E-state index < -0.39 is 0 Å². The lowest BCUT2D eigenvalue weighted by atomic mass is 9.97. The third-order valence-corrected chi connectivity index (χ3v) is 5.52. The molecule has 3 nitrogen and oxygen atoms in total. The summed E-state index contributed by atoms with van der Waals surface area (Å²) in [5, 5.41) is 14.2. The van der Waals surface area contributed by atoms with Crippen LogP contribution in [0.1, 0.15) is 77.8 Å². The first-order chi connectivity index (χ1) is 13.8. The van der Waals surface area contributed by atoms with Gasteiger partial charge in [-0.25, -0.2) is 0 Å². The number of unbranched alkanes of at least 4 members (excludes halogenated alkanes) is 1. The zero-order chi connectivity index (χ0) is 21.8. The molecule has 0 aromatic heterocycles. The Morgan fingerprint density at radius 1 is 1.24 bits per heavy atom. The van der Waals surface area contributed by atoms with Crippen molar-refractivity contribution in [2.75, 3.05) is 6.54 Å². The molecule has 0 aliphatic carbocycles. The average molecular weight is 415 g/mol. The smallest absolute Gasteiger partial charge is 0.116 e. The van der Waals surface area contributed by atoms with E-state index in [2.05, 4.69) is 48.8 Å². The molecule has 1 rings (SSSR count). The fraction of sp³-hybridized carbons (Fsp3) is 0.480. The summed E-state index contributed by atoms with van der Waals surface area (Å²) in [4.78, 5) is 4.76. The van der Waals surface area contributed by atoms with Crippen molar-refractivity contribution < 1.29 is 5.11 Å². The molecule has 2 atom stereocenters. The SMILES string of the molecule is C=C(O)c1ccc(C(=C/C)/N=C\C(NCC(CCC)CCCC)=C(C)C)cc1P. The van der Waals surface area contributed by atoms with Crippen molar-refractivity contribution in [2.45, 2.75) is 66.7 Å². The standard InChI is InChI=1S/C25H39N2OP/c1-7-10-12-20(11-8-2)16-26-24(18(4)5)17-27-23(9-3)21-13-14-22(19(6)28)25(29)15-21/h9,13-15,17,20,26,28H,6-8,10-12,16,29H2,1-5H3/b23-9-,27-17-. The van der Waals surface area contributed by atoms with Gasteiger partial charge in [-0.15, -0.1) is 9.24 Å². The Hall–Kier alpha value is -1.86. The minimum Gasteiger partial charge on any atom is -0.508 e. The second-order valence-corrected chi connectivity index (χ2v) is 8.39. The van der Waals surface area contributed by atoms with Crippen LogP contribution in [0.15, 0.2) is 47.1 Å². The molecular weight excluding hydrogens is 375 g/mol. The van der Waals surface area contributed by atoms with Gasteiger partial charge in [0.15, 0.2) is 0 Å². The van der Waals surface area contributed by atoms with E-state index in [0.717, 1.165) is 34.4 Å². The van der Waals surface area contributed by atoms with E-state index in [1.165, 1.54) is 37.7 Å². The number of rotatable bonds is 12. The highest BCUT2D eigenvalue weighted by atomic mass is 31.0. The highest BCUT2D eigenvalue weighted by Gasteiger charge is 2.09. The van der Waals surface area contributed by atoms with Gasteiger partial charge >= 0.3 is 0 Å². The maximum atomic E-state index is 9.66. The Morgan fingerprint density at radius 3 is 2.48 bits per heavy atom. The molecule has 0 saturated heterocycles. The average Bonchev–Trinajstić information content (AvgIpc) is 2.67. The van der Waals surface area contributed by atoms with Crippen LogP contribution in [-0.4, -0.2) is 17.9 Å². The van der Waals surface area contributed by atoms with Crippen LogP contribution in [0, 0.1) is 5.92 Å². The molecule has 2 N–H and O–H groups in total. The summed E-state index contributed by atoms with van der Waals surface area (Å²) < 4.78 is 0. The molecule has 1 aromatic carbocycles. The lowest BCUT2D eigenvalue weighted by Gasteiger charge is -2.18. The first kappa shape index (κ1) is 25.2. The number of nitrogens with one attached hydrogen (secondary N) is 1. The van der Waals surface area contributed by atoms with Crippen molar-refractivity contribution in [3.8, 4) is 0 Å². The third kappa shape index (κ3) is 8.58. The molecule has 0 spiro atoms. The van der Waals surface area contributed by atoms with Gasteiger partial charge in [-0.2, -0.15) is 0 Å². The van der Waals surface area contributed by atoms with Crippen LogP contribution in [0.5, 0.6) is 0 Å². The second kappa shape index (κ2) is 13.4. The minimum atomic E-state index is 0.0767. The highest BCUT2D eigenvalue weighted by molar-refractivity contribution is 7.27. The first-order valence-corrected chi connectivity index (χ1v) is 11.3. The third-order valence-electron chi connectivity index (χ3n) is 5.05. The number of benzene rings is 1. The van der Waals surface area contributed by atoms with Crippen molar-refractivity contribution in [2.24, 2.45) is 10.9 Å². The summed E-state index contributed by atoms with van der Waals surface area (Å²) in [6.07, 6.45) is 10.3. The fourth-order valence-corrected chi connectivity index (χ4v) is 3.73. The molecule has 0 saturated carbocycles. The molecule has 0 aliphatic heterocycles. The maximum absolute atomic E-state index is 9.66. The number of aliphatic hydroxyl groups excluding tert-OH is 1. The summed E-state index contributed by atoms with van der Waals surface area (Å²) in [6.45, 7) is 15.4. The molecule has 1 aromatic rings. The monoisotopic (exact) mass is 414 g/mol.